The van der Waals surface area contributed by atoms with Gasteiger partial charge in [0.2, 0.25) is 5.91 Å². The van der Waals surface area contributed by atoms with Crippen molar-refractivity contribution >= 4 is 23.2 Å². The molecule has 0 fully saturated rings. The normalized spacial score (nSPS) is 16.3. The Morgan fingerprint density at radius 1 is 1.26 bits per heavy atom. The minimum absolute atomic E-state index is 0.0199. The van der Waals surface area contributed by atoms with Gasteiger partial charge in [0.15, 0.2) is 0 Å². The molecule has 3 heterocycles. The molecular formula is C21H24N2O3S. The standard InChI is InChI=1S/C21H24N2O3S/c1-2-3-17(21(25)23-9-6-19-16(13-23)8-11-27-19)22-20(24)15-4-5-18-14(12-15)7-10-26-18/h4-5,8,11-12,17H,2-3,6-7,9-10,13H2,1H3,(H,22,24). The number of nitrogens with one attached hydrogen (secondary N) is 1. The molecule has 2 aromatic rings. The van der Waals surface area contributed by atoms with Gasteiger partial charge >= 0.3 is 0 Å². The van der Waals surface area contributed by atoms with E-state index in [9.17, 15) is 9.59 Å². The highest BCUT2D eigenvalue weighted by Crippen LogP contribution is 2.26. The number of nitrogens with zero attached hydrogens (tertiary/aromatic N) is 1. The molecule has 0 aliphatic carbocycles. The van der Waals surface area contributed by atoms with Gasteiger partial charge in [-0.15, -0.1) is 11.3 Å². The Hall–Kier alpha value is -2.34. The summed E-state index contributed by atoms with van der Waals surface area (Å²) in [6.45, 7) is 4.06. The van der Waals surface area contributed by atoms with Crippen molar-refractivity contribution in [1.29, 1.82) is 0 Å². The molecule has 1 aromatic heterocycles. The number of rotatable bonds is 5. The summed E-state index contributed by atoms with van der Waals surface area (Å²) in [7, 11) is 0. The molecule has 2 amide bonds. The summed E-state index contributed by atoms with van der Waals surface area (Å²) in [5.41, 5.74) is 2.88. The summed E-state index contributed by atoms with van der Waals surface area (Å²) in [6, 6.07) is 7.11. The maximum absolute atomic E-state index is 13.1. The molecule has 142 valence electrons. The van der Waals surface area contributed by atoms with E-state index in [1.54, 1.807) is 17.4 Å². The van der Waals surface area contributed by atoms with Gasteiger partial charge in [0.05, 0.1) is 6.61 Å². The Morgan fingerprint density at radius 2 is 2.15 bits per heavy atom. The van der Waals surface area contributed by atoms with Gasteiger partial charge in [-0.25, -0.2) is 0 Å². The third-order valence-corrected chi connectivity index (χ3v) is 6.27. The van der Waals surface area contributed by atoms with Gasteiger partial charge in [-0.2, -0.15) is 0 Å². The van der Waals surface area contributed by atoms with Crippen molar-refractivity contribution < 1.29 is 14.3 Å². The molecule has 0 bridgehead atoms. The lowest BCUT2D eigenvalue weighted by Gasteiger charge is -2.31. The molecule has 1 aromatic carbocycles. The van der Waals surface area contributed by atoms with Crippen molar-refractivity contribution in [3.05, 3.63) is 51.2 Å². The maximum Gasteiger partial charge on any atom is 0.251 e. The number of amides is 2. The van der Waals surface area contributed by atoms with Gasteiger partial charge in [0.1, 0.15) is 11.8 Å². The Balaban J connectivity index is 1.46. The van der Waals surface area contributed by atoms with E-state index in [0.717, 1.165) is 37.1 Å². The first-order chi connectivity index (χ1) is 13.2. The van der Waals surface area contributed by atoms with Crippen molar-refractivity contribution in [2.24, 2.45) is 0 Å². The van der Waals surface area contributed by atoms with Gasteiger partial charge in [-0.1, -0.05) is 13.3 Å². The molecule has 2 aliphatic rings. The Morgan fingerprint density at radius 3 is 3.00 bits per heavy atom. The maximum atomic E-state index is 13.1. The third kappa shape index (κ3) is 3.72. The van der Waals surface area contributed by atoms with Crippen LogP contribution in [0.3, 0.4) is 0 Å². The molecule has 1 N–H and O–H groups in total. The van der Waals surface area contributed by atoms with Crippen LogP contribution in [0.4, 0.5) is 0 Å². The fourth-order valence-corrected chi connectivity index (χ4v) is 4.66. The van der Waals surface area contributed by atoms with Crippen LogP contribution in [0, 0.1) is 0 Å². The molecule has 2 aliphatic heterocycles. The SMILES string of the molecule is CCCC(NC(=O)c1ccc2c(c1)CCO2)C(=O)N1CCc2sccc2C1. The first-order valence-electron chi connectivity index (χ1n) is 9.56. The summed E-state index contributed by atoms with van der Waals surface area (Å²) >= 11 is 1.76. The predicted molar refractivity (Wildman–Crippen MR) is 105 cm³/mol. The first kappa shape index (κ1) is 18.0. The van der Waals surface area contributed by atoms with Crippen molar-refractivity contribution in [1.82, 2.24) is 10.2 Å². The summed E-state index contributed by atoms with van der Waals surface area (Å²) in [5.74, 6) is 0.684. The second-order valence-electron chi connectivity index (χ2n) is 7.11. The molecule has 6 heteroatoms. The van der Waals surface area contributed by atoms with E-state index in [0.29, 0.717) is 25.1 Å². The second-order valence-corrected chi connectivity index (χ2v) is 8.12. The monoisotopic (exact) mass is 384 g/mol. The molecule has 27 heavy (non-hydrogen) atoms. The highest BCUT2D eigenvalue weighted by Gasteiger charge is 2.29. The van der Waals surface area contributed by atoms with Crippen LogP contribution in [-0.2, 0) is 24.2 Å². The zero-order valence-electron chi connectivity index (χ0n) is 15.5. The van der Waals surface area contributed by atoms with Crippen molar-refractivity contribution in [3.8, 4) is 5.75 Å². The van der Waals surface area contributed by atoms with Crippen LogP contribution >= 0.6 is 11.3 Å². The Kier molecular flexibility index (Phi) is 5.16. The topological polar surface area (TPSA) is 58.6 Å². The van der Waals surface area contributed by atoms with E-state index < -0.39 is 6.04 Å². The van der Waals surface area contributed by atoms with Crippen molar-refractivity contribution in [3.63, 3.8) is 0 Å². The second kappa shape index (κ2) is 7.72. The van der Waals surface area contributed by atoms with Crippen LogP contribution in [0.1, 0.15) is 46.1 Å². The average molecular weight is 385 g/mol. The van der Waals surface area contributed by atoms with Crippen LogP contribution in [0.15, 0.2) is 29.6 Å². The minimum atomic E-state index is -0.479. The first-order valence-corrected chi connectivity index (χ1v) is 10.4. The lowest BCUT2D eigenvalue weighted by Crippen LogP contribution is -2.49. The van der Waals surface area contributed by atoms with E-state index in [2.05, 4.69) is 16.8 Å². The quantitative estimate of drug-likeness (QED) is 0.861. The smallest absolute Gasteiger partial charge is 0.251 e. The average Bonchev–Trinajstić information content (AvgIpc) is 3.34. The summed E-state index contributed by atoms with van der Waals surface area (Å²) in [4.78, 5) is 29.1. The number of benzene rings is 1. The van der Waals surface area contributed by atoms with Gasteiger partial charge in [-0.05, 0) is 53.6 Å². The van der Waals surface area contributed by atoms with Crippen LogP contribution in [0.25, 0.3) is 0 Å². The van der Waals surface area contributed by atoms with Crippen LogP contribution in [0.2, 0.25) is 0 Å². The number of carbonyl (C=O) groups excluding carboxylic acids is 2. The van der Waals surface area contributed by atoms with E-state index in [-0.39, 0.29) is 11.8 Å². The van der Waals surface area contributed by atoms with Gasteiger partial charge in [0, 0.05) is 30.0 Å². The number of carbonyl (C=O) groups is 2. The molecule has 1 unspecified atom stereocenters. The molecule has 1 atom stereocenters. The lowest BCUT2D eigenvalue weighted by atomic mass is 10.0. The van der Waals surface area contributed by atoms with E-state index in [1.165, 1.54) is 10.4 Å². The predicted octanol–water partition coefficient (Wildman–Crippen LogP) is 3.17. The Labute approximate surface area is 163 Å². The van der Waals surface area contributed by atoms with Crippen molar-refractivity contribution in [2.45, 2.75) is 45.2 Å². The molecule has 0 spiro atoms. The summed E-state index contributed by atoms with van der Waals surface area (Å²) in [6.07, 6.45) is 3.21. The van der Waals surface area contributed by atoms with E-state index in [1.807, 2.05) is 24.0 Å². The zero-order chi connectivity index (χ0) is 18.8. The van der Waals surface area contributed by atoms with Crippen molar-refractivity contribution in [2.75, 3.05) is 13.2 Å². The van der Waals surface area contributed by atoms with Gasteiger partial charge in [-0.3, -0.25) is 9.59 Å². The van der Waals surface area contributed by atoms with E-state index in [4.69, 9.17) is 4.74 Å². The van der Waals surface area contributed by atoms with Crippen LogP contribution in [0.5, 0.6) is 5.75 Å². The Bertz CT molecular complexity index is 861. The van der Waals surface area contributed by atoms with Gasteiger partial charge < -0.3 is 15.0 Å². The number of fused-ring (bicyclic) bond motifs is 2. The molecule has 0 radical (unpaired) electrons. The number of thiophene rings is 1. The van der Waals surface area contributed by atoms with E-state index >= 15 is 0 Å². The fraction of sp³-hybridized carbons (Fsp3) is 0.429. The zero-order valence-corrected chi connectivity index (χ0v) is 16.3. The number of hydrogen-bond donors (Lipinski definition) is 1. The highest BCUT2D eigenvalue weighted by molar-refractivity contribution is 7.10. The molecular weight excluding hydrogens is 360 g/mol. The summed E-state index contributed by atoms with van der Waals surface area (Å²) in [5, 5.41) is 5.06. The molecule has 0 saturated carbocycles. The lowest BCUT2D eigenvalue weighted by molar-refractivity contribution is -0.134. The third-order valence-electron chi connectivity index (χ3n) is 5.25. The number of ether oxygens (including phenoxy) is 1. The molecule has 0 saturated heterocycles. The molecule has 5 nitrogen and oxygen atoms in total. The summed E-state index contributed by atoms with van der Waals surface area (Å²) < 4.78 is 5.50. The fourth-order valence-electron chi connectivity index (χ4n) is 3.77. The van der Waals surface area contributed by atoms with Gasteiger partial charge in [0.25, 0.3) is 5.91 Å². The largest absolute Gasteiger partial charge is 0.493 e. The van der Waals surface area contributed by atoms with Crippen LogP contribution < -0.4 is 10.1 Å². The van der Waals surface area contributed by atoms with Crippen LogP contribution in [-0.4, -0.2) is 35.9 Å². The highest BCUT2D eigenvalue weighted by atomic mass is 32.1. The minimum Gasteiger partial charge on any atom is -0.493 e. The number of hydrogen-bond acceptors (Lipinski definition) is 4. The molecule has 4 rings (SSSR count).